The molecule has 2 aliphatic heterocycles. The SMILES string of the molecule is CN1CCC(Oc2ccc(C(=N)c3cc(NC(=O)C(c4ccsc4)N4CCCC4)ccc3N)cc2Cl)CC1. The molecule has 3 heterocycles. The topological polar surface area (TPSA) is 94.7 Å². The Morgan fingerprint density at radius 2 is 1.89 bits per heavy atom. The number of ether oxygens (including phenoxy) is 1. The zero-order valence-electron chi connectivity index (χ0n) is 21.6. The first-order chi connectivity index (χ1) is 18.4. The van der Waals surface area contributed by atoms with Gasteiger partial charge in [-0.2, -0.15) is 11.3 Å². The minimum atomic E-state index is -0.333. The third kappa shape index (κ3) is 6.04. The fourth-order valence-electron chi connectivity index (χ4n) is 5.21. The quantitative estimate of drug-likeness (QED) is 0.248. The predicted molar refractivity (Wildman–Crippen MR) is 156 cm³/mol. The number of nitrogens with two attached hydrogens (primary N) is 1. The molecule has 9 heteroatoms. The number of carbonyl (C=O) groups excluding carboxylic acids is 1. The third-order valence-corrected chi connectivity index (χ3v) is 8.38. The van der Waals surface area contributed by atoms with E-state index in [4.69, 9.17) is 27.5 Å². The number of nitrogens with zero attached hydrogens (tertiary/aromatic N) is 2. The van der Waals surface area contributed by atoms with Crippen LogP contribution in [-0.2, 0) is 4.79 Å². The Bertz CT molecular complexity index is 1280. The summed E-state index contributed by atoms with van der Waals surface area (Å²) in [5.41, 5.74) is 9.76. The molecule has 0 aliphatic carbocycles. The van der Waals surface area contributed by atoms with E-state index in [9.17, 15) is 4.79 Å². The first kappa shape index (κ1) is 26.7. The van der Waals surface area contributed by atoms with Gasteiger partial charge in [-0.25, -0.2) is 0 Å². The summed E-state index contributed by atoms with van der Waals surface area (Å²) in [6, 6.07) is 12.4. The van der Waals surface area contributed by atoms with Crippen molar-refractivity contribution in [3.63, 3.8) is 0 Å². The Morgan fingerprint density at radius 1 is 1.13 bits per heavy atom. The van der Waals surface area contributed by atoms with E-state index in [0.29, 0.717) is 33.3 Å². The number of rotatable bonds is 8. The molecule has 1 unspecified atom stereocenters. The lowest BCUT2D eigenvalue weighted by molar-refractivity contribution is -0.121. The second-order valence-corrected chi connectivity index (χ2v) is 11.3. The number of piperidine rings is 1. The van der Waals surface area contributed by atoms with Gasteiger partial charge in [0.1, 0.15) is 17.9 Å². The maximum atomic E-state index is 13.4. The second-order valence-electron chi connectivity index (χ2n) is 10.1. The number of carbonyl (C=O) groups is 1. The molecule has 2 saturated heterocycles. The minimum Gasteiger partial charge on any atom is -0.489 e. The van der Waals surface area contributed by atoms with E-state index in [1.807, 2.05) is 29.0 Å². The Balaban J connectivity index is 1.31. The van der Waals surface area contributed by atoms with Crippen LogP contribution in [0.4, 0.5) is 11.4 Å². The van der Waals surface area contributed by atoms with Gasteiger partial charge in [0, 0.05) is 35.6 Å². The van der Waals surface area contributed by atoms with E-state index in [-0.39, 0.29) is 23.8 Å². The summed E-state index contributed by atoms with van der Waals surface area (Å²) in [7, 11) is 2.12. The molecule has 0 spiro atoms. The van der Waals surface area contributed by atoms with Gasteiger partial charge in [-0.15, -0.1) is 0 Å². The summed E-state index contributed by atoms with van der Waals surface area (Å²) < 4.78 is 6.15. The van der Waals surface area contributed by atoms with Crippen LogP contribution < -0.4 is 15.8 Å². The molecule has 0 saturated carbocycles. The van der Waals surface area contributed by atoms with Gasteiger partial charge in [0.2, 0.25) is 5.91 Å². The van der Waals surface area contributed by atoms with Crippen LogP contribution >= 0.6 is 22.9 Å². The molecule has 1 aromatic heterocycles. The van der Waals surface area contributed by atoms with Crippen LogP contribution in [0.15, 0.2) is 53.2 Å². The average molecular weight is 552 g/mol. The van der Waals surface area contributed by atoms with Crippen molar-refractivity contribution in [1.29, 1.82) is 5.41 Å². The molecule has 0 radical (unpaired) electrons. The highest BCUT2D eigenvalue weighted by molar-refractivity contribution is 7.08. The Kier molecular flexibility index (Phi) is 8.33. The zero-order chi connectivity index (χ0) is 26.6. The van der Waals surface area contributed by atoms with E-state index in [2.05, 4.69) is 22.2 Å². The molecule has 0 bridgehead atoms. The number of amides is 1. The summed E-state index contributed by atoms with van der Waals surface area (Å²) in [5, 5.41) is 16.4. The fraction of sp³-hybridized carbons (Fsp3) is 0.379. The summed E-state index contributed by atoms with van der Waals surface area (Å²) in [6.45, 7) is 3.82. The van der Waals surface area contributed by atoms with Crippen molar-refractivity contribution in [2.75, 3.05) is 44.3 Å². The van der Waals surface area contributed by atoms with E-state index in [1.165, 1.54) is 0 Å². The van der Waals surface area contributed by atoms with Crippen LogP contribution in [0.25, 0.3) is 0 Å². The molecule has 2 aromatic carbocycles. The molecule has 2 aliphatic rings. The van der Waals surface area contributed by atoms with Gasteiger partial charge >= 0.3 is 0 Å². The first-order valence-electron chi connectivity index (χ1n) is 13.1. The molecule has 38 heavy (non-hydrogen) atoms. The summed E-state index contributed by atoms with van der Waals surface area (Å²) in [6.07, 6.45) is 4.26. The molecular weight excluding hydrogens is 518 g/mol. The van der Waals surface area contributed by atoms with Crippen LogP contribution in [0.5, 0.6) is 5.75 Å². The molecule has 4 N–H and O–H groups in total. The monoisotopic (exact) mass is 551 g/mol. The van der Waals surface area contributed by atoms with Gasteiger partial charge in [0.05, 0.1) is 10.7 Å². The van der Waals surface area contributed by atoms with Gasteiger partial charge < -0.3 is 20.7 Å². The van der Waals surface area contributed by atoms with Crippen LogP contribution in [0.2, 0.25) is 5.02 Å². The predicted octanol–water partition coefficient (Wildman–Crippen LogP) is 5.65. The molecule has 2 fully saturated rings. The van der Waals surface area contributed by atoms with Gasteiger partial charge in [0.15, 0.2) is 0 Å². The Hall–Kier alpha value is -2.91. The molecule has 1 amide bonds. The largest absolute Gasteiger partial charge is 0.489 e. The lowest BCUT2D eigenvalue weighted by Gasteiger charge is -2.29. The number of nitrogens with one attached hydrogen (secondary N) is 2. The van der Waals surface area contributed by atoms with Crippen molar-refractivity contribution in [2.45, 2.75) is 37.8 Å². The lowest BCUT2D eigenvalue weighted by atomic mass is 10.00. The number of hydrogen-bond donors (Lipinski definition) is 3. The second kappa shape index (κ2) is 11.9. The van der Waals surface area contributed by atoms with Crippen LogP contribution in [0, 0.1) is 5.41 Å². The Morgan fingerprint density at radius 3 is 2.58 bits per heavy atom. The van der Waals surface area contributed by atoms with Crippen LogP contribution in [-0.4, -0.2) is 60.7 Å². The highest BCUT2D eigenvalue weighted by Gasteiger charge is 2.30. The zero-order valence-corrected chi connectivity index (χ0v) is 23.2. The third-order valence-electron chi connectivity index (χ3n) is 7.38. The van der Waals surface area contributed by atoms with E-state index >= 15 is 0 Å². The average Bonchev–Trinajstić information content (AvgIpc) is 3.63. The Labute approximate surface area is 233 Å². The molecule has 200 valence electrons. The number of anilines is 2. The van der Waals surface area contributed by atoms with E-state index in [1.54, 1.807) is 35.6 Å². The van der Waals surface area contributed by atoms with Crippen LogP contribution in [0.1, 0.15) is 48.4 Å². The molecular formula is C29H34ClN5O2S. The normalized spacial score (nSPS) is 17.8. The molecule has 7 nitrogen and oxygen atoms in total. The number of nitrogen functional groups attached to an aromatic ring is 1. The molecule has 5 rings (SSSR count). The number of halogens is 1. The lowest BCUT2D eigenvalue weighted by Crippen LogP contribution is -2.35. The summed E-state index contributed by atoms with van der Waals surface area (Å²) in [4.78, 5) is 18.0. The first-order valence-corrected chi connectivity index (χ1v) is 14.4. The highest BCUT2D eigenvalue weighted by Crippen LogP contribution is 2.32. The fourth-order valence-corrected chi connectivity index (χ4v) is 6.11. The van der Waals surface area contributed by atoms with Crippen molar-refractivity contribution in [3.05, 3.63) is 74.9 Å². The van der Waals surface area contributed by atoms with Gasteiger partial charge in [-0.1, -0.05) is 11.6 Å². The number of thiophene rings is 1. The van der Waals surface area contributed by atoms with Crippen molar-refractivity contribution in [2.24, 2.45) is 0 Å². The van der Waals surface area contributed by atoms with Crippen molar-refractivity contribution >= 4 is 45.9 Å². The van der Waals surface area contributed by atoms with Gasteiger partial charge in [-0.3, -0.25) is 15.1 Å². The molecule has 1 atom stereocenters. The van der Waals surface area contributed by atoms with Gasteiger partial charge in [-0.05, 0) is 105 Å². The number of likely N-dealkylation sites (tertiary alicyclic amines) is 2. The summed E-state index contributed by atoms with van der Waals surface area (Å²) in [5.74, 6) is 0.555. The maximum Gasteiger partial charge on any atom is 0.246 e. The van der Waals surface area contributed by atoms with Crippen molar-refractivity contribution in [1.82, 2.24) is 9.80 Å². The molecule has 3 aromatic rings. The number of benzene rings is 2. The van der Waals surface area contributed by atoms with Crippen molar-refractivity contribution < 1.29 is 9.53 Å². The number of hydrogen-bond acceptors (Lipinski definition) is 7. The van der Waals surface area contributed by atoms with Gasteiger partial charge in [0.25, 0.3) is 0 Å². The van der Waals surface area contributed by atoms with E-state index in [0.717, 1.165) is 57.4 Å². The summed E-state index contributed by atoms with van der Waals surface area (Å²) >= 11 is 8.17. The smallest absolute Gasteiger partial charge is 0.246 e. The van der Waals surface area contributed by atoms with Crippen LogP contribution in [0.3, 0.4) is 0 Å². The minimum absolute atomic E-state index is 0.0778. The standard InChI is InChI=1S/C29H34ClN5O2S/c1-34-13-8-22(9-14-34)37-26-7-4-19(16-24(26)30)27(32)23-17-21(5-6-25(23)31)33-29(36)28(20-10-15-38-18-20)35-11-2-3-12-35/h4-7,10,15-18,22,28,32H,2-3,8-9,11-14,31H2,1H3,(H,33,36). The van der Waals surface area contributed by atoms with Crippen molar-refractivity contribution in [3.8, 4) is 5.75 Å². The maximum absolute atomic E-state index is 13.4. The highest BCUT2D eigenvalue weighted by atomic mass is 35.5. The van der Waals surface area contributed by atoms with E-state index < -0.39 is 0 Å².